The lowest BCUT2D eigenvalue weighted by molar-refractivity contribution is -0.196. The van der Waals surface area contributed by atoms with Gasteiger partial charge in [-0.2, -0.15) is 5.06 Å². The quantitative estimate of drug-likeness (QED) is 0.647. The predicted octanol–water partition coefficient (Wildman–Crippen LogP) is 0.520. The molecule has 4 heteroatoms. The molecule has 0 aliphatic carbocycles. The van der Waals surface area contributed by atoms with Crippen LogP contribution in [0.4, 0.5) is 0 Å². The molecule has 4 nitrogen and oxygen atoms in total. The third-order valence-corrected chi connectivity index (χ3v) is 2.91. The number of hydrogen-bond acceptors (Lipinski definition) is 4. The zero-order chi connectivity index (χ0) is 9.10. The van der Waals surface area contributed by atoms with Gasteiger partial charge in [-0.1, -0.05) is 0 Å². The highest BCUT2D eigenvalue weighted by molar-refractivity contribution is 4.74. The molecule has 0 aromatic heterocycles. The molecule has 0 spiro atoms. The second-order valence-electron chi connectivity index (χ2n) is 3.79. The Morgan fingerprint density at radius 3 is 2.54 bits per heavy atom. The van der Waals surface area contributed by atoms with Crippen LogP contribution in [0.25, 0.3) is 0 Å². The van der Waals surface area contributed by atoms with E-state index in [0.717, 1.165) is 45.7 Å². The smallest absolute Gasteiger partial charge is 0.0867 e. The van der Waals surface area contributed by atoms with E-state index in [4.69, 9.17) is 4.74 Å². The zero-order valence-corrected chi connectivity index (χ0v) is 7.98. The van der Waals surface area contributed by atoms with Gasteiger partial charge in [0.1, 0.15) is 0 Å². The summed E-state index contributed by atoms with van der Waals surface area (Å²) in [6, 6.07) is 0. The Balaban J connectivity index is 1.88. The molecule has 13 heavy (non-hydrogen) atoms. The van der Waals surface area contributed by atoms with Crippen LogP contribution >= 0.6 is 0 Å². The number of hydroxylamine groups is 2. The van der Waals surface area contributed by atoms with E-state index in [-0.39, 0.29) is 6.17 Å². The van der Waals surface area contributed by atoms with Crippen molar-refractivity contribution in [1.29, 1.82) is 0 Å². The van der Waals surface area contributed by atoms with Crippen molar-refractivity contribution >= 4 is 0 Å². The summed E-state index contributed by atoms with van der Waals surface area (Å²) in [5.74, 6) is 0. The summed E-state index contributed by atoms with van der Waals surface area (Å²) in [6.07, 6.45) is 3.70. The van der Waals surface area contributed by atoms with E-state index >= 15 is 0 Å². The van der Waals surface area contributed by atoms with Crippen LogP contribution in [-0.2, 0) is 4.74 Å². The van der Waals surface area contributed by atoms with Gasteiger partial charge in [-0.25, -0.2) is 0 Å². The molecule has 1 N–H and O–H groups in total. The molecule has 0 bridgehead atoms. The summed E-state index contributed by atoms with van der Waals surface area (Å²) >= 11 is 0. The fourth-order valence-electron chi connectivity index (χ4n) is 2.15. The average Bonchev–Trinajstić information content (AvgIpc) is 2.20. The number of rotatable bonds is 1. The molecular formula is C9H18N2O2. The monoisotopic (exact) mass is 186 g/mol. The summed E-state index contributed by atoms with van der Waals surface area (Å²) in [4.78, 5) is 2.32. The Kier molecular flexibility index (Phi) is 3.16. The van der Waals surface area contributed by atoms with Crippen LogP contribution in [0.2, 0.25) is 0 Å². The molecule has 2 heterocycles. The van der Waals surface area contributed by atoms with Crippen molar-refractivity contribution in [3.05, 3.63) is 0 Å². The van der Waals surface area contributed by atoms with Gasteiger partial charge in [0.15, 0.2) is 0 Å². The molecule has 1 unspecified atom stereocenters. The molecular weight excluding hydrogens is 168 g/mol. The fraction of sp³-hybridized carbons (Fsp3) is 1.00. The number of ether oxygens (including phenoxy) is 1. The zero-order valence-electron chi connectivity index (χ0n) is 7.98. The van der Waals surface area contributed by atoms with E-state index in [1.54, 1.807) is 0 Å². The highest BCUT2D eigenvalue weighted by atomic mass is 16.5. The van der Waals surface area contributed by atoms with Gasteiger partial charge in [-0.3, -0.25) is 4.90 Å². The first-order chi connectivity index (χ1) is 6.38. The molecule has 2 aliphatic rings. The summed E-state index contributed by atoms with van der Waals surface area (Å²) < 4.78 is 5.28. The van der Waals surface area contributed by atoms with E-state index in [1.165, 1.54) is 11.5 Å². The van der Waals surface area contributed by atoms with Gasteiger partial charge < -0.3 is 9.94 Å². The van der Waals surface area contributed by atoms with E-state index in [2.05, 4.69) is 4.90 Å². The van der Waals surface area contributed by atoms with Crippen molar-refractivity contribution in [3.8, 4) is 0 Å². The van der Waals surface area contributed by atoms with Crippen LogP contribution in [0.1, 0.15) is 19.3 Å². The second kappa shape index (κ2) is 4.37. The van der Waals surface area contributed by atoms with Gasteiger partial charge in [0.25, 0.3) is 0 Å². The lowest BCUT2D eigenvalue weighted by Gasteiger charge is -2.40. The number of hydrogen-bond donors (Lipinski definition) is 1. The molecule has 0 aromatic rings. The number of piperidine rings is 1. The van der Waals surface area contributed by atoms with Crippen molar-refractivity contribution in [2.45, 2.75) is 25.4 Å². The topological polar surface area (TPSA) is 35.9 Å². The fourth-order valence-corrected chi connectivity index (χ4v) is 2.15. The van der Waals surface area contributed by atoms with Gasteiger partial charge in [-0.05, 0) is 19.3 Å². The Bertz CT molecular complexity index is 160. The maximum atomic E-state index is 9.67. The molecule has 0 saturated carbocycles. The Labute approximate surface area is 79.0 Å². The van der Waals surface area contributed by atoms with E-state index in [0.29, 0.717) is 0 Å². The molecule has 0 radical (unpaired) electrons. The Morgan fingerprint density at radius 1 is 1.08 bits per heavy atom. The van der Waals surface area contributed by atoms with Crippen molar-refractivity contribution in [2.75, 3.05) is 32.8 Å². The summed E-state index contributed by atoms with van der Waals surface area (Å²) in [5, 5.41) is 11.2. The first-order valence-electron chi connectivity index (χ1n) is 5.15. The van der Waals surface area contributed by atoms with Crippen LogP contribution in [0.5, 0.6) is 0 Å². The molecule has 2 rings (SSSR count). The molecule has 0 aromatic carbocycles. The minimum Gasteiger partial charge on any atom is -0.379 e. The van der Waals surface area contributed by atoms with Crippen LogP contribution in [-0.4, -0.2) is 54.2 Å². The molecule has 76 valence electrons. The van der Waals surface area contributed by atoms with E-state index in [1.807, 2.05) is 0 Å². The van der Waals surface area contributed by atoms with E-state index < -0.39 is 0 Å². The Morgan fingerprint density at radius 2 is 1.85 bits per heavy atom. The lowest BCUT2D eigenvalue weighted by atomic mass is 10.1. The largest absolute Gasteiger partial charge is 0.379 e. The highest BCUT2D eigenvalue weighted by Crippen LogP contribution is 2.18. The van der Waals surface area contributed by atoms with Crippen LogP contribution in [0.15, 0.2) is 0 Å². The molecule has 1 atom stereocenters. The molecule has 2 aliphatic heterocycles. The Hall–Kier alpha value is -0.160. The van der Waals surface area contributed by atoms with Gasteiger partial charge >= 0.3 is 0 Å². The number of nitrogens with zero attached hydrogens (tertiary/aromatic N) is 2. The van der Waals surface area contributed by atoms with E-state index in [9.17, 15) is 5.21 Å². The third-order valence-electron chi connectivity index (χ3n) is 2.91. The van der Waals surface area contributed by atoms with Crippen molar-refractivity contribution in [2.24, 2.45) is 0 Å². The molecule has 2 saturated heterocycles. The molecule has 0 amide bonds. The standard InChI is InChI=1S/C9H18N2O2/c12-11-4-2-1-3-9(11)10-5-7-13-8-6-10/h9,12H,1-8H2. The predicted molar refractivity (Wildman–Crippen MR) is 48.5 cm³/mol. The maximum Gasteiger partial charge on any atom is 0.0867 e. The first-order valence-corrected chi connectivity index (χ1v) is 5.15. The summed E-state index contributed by atoms with van der Waals surface area (Å²) in [7, 11) is 0. The van der Waals surface area contributed by atoms with Gasteiger partial charge in [-0.15, -0.1) is 0 Å². The highest BCUT2D eigenvalue weighted by Gasteiger charge is 2.27. The lowest BCUT2D eigenvalue weighted by Crippen LogP contribution is -2.53. The van der Waals surface area contributed by atoms with Crippen molar-refractivity contribution < 1.29 is 9.94 Å². The van der Waals surface area contributed by atoms with Crippen molar-refractivity contribution in [1.82, 2.24) is 9.96 Å². The normalized spacial score (nSPS) is 33.5. The second-order valence-corrected chi connectivity index (χ2v) is 3.79. The minimum absolute atomic E-state index is 0.248. The van der Waals surface area contributed by atoms with Crippen LogP contribution in [0.3, 0.4) is 0 Å². The van der Waals surface area contributed by atoms with Gasteiger partial charge in [0.2, 0.25) is 0 Å². The van der Waals surface area contributed by atoms with Crippen LogP contribution in [0, 0.1) is 0 Å². The molecule has 2 fully saturated rings. The number of morpholine rings is 1. The van der Waals surface area contributed by atoms with Crippen LogP contribution < -0.4 is 0 Å². The minimum atomic E-state index is 0.248. The SMILES string of the molecule is ON1CCCCC1N1CCOCC1. The third kappa shape index (κ3) is 2.20. The first kappa shape index (κ1) is 9.40. The summed E-state index contributed by atoms with van der Waals surface area (Å²) in [6.45, 7) is 4.36. The maximum absolute atomic E-state index is 9.67. The van der Waals surface area contributed by atoms with Gasteiger partial charge in [0.05, 0.1) is 19.4 Å². The van der Waals surface area contributed by atoms with Crippen molar-refractivity contribution in [3.63, 3.8) is 0 Å². The average molecular weight is 186 g/mol. The summed E-state index contributed by atoms with van der Waals surface area (Å²) in [5.41, 5.74) is 0. The van der Waals surface area contributed by atoms with Gasteiger partial charge in [0, 0.05) is 19.6 Å².